The first kappa shape index (κ1) is 16.5. The molecule has 0 aliphatic heterocycles. The molecule has 0 bridgehead atoms. The molecule has 0 atom stereocenters. The van der Waals surface area contributed by atoms with Crippen LogP contribution in [0.3, 0.4) is 0 Å². The lowest BCUT2D eigenvalue weighted by Crippen LogP contribution is -2.15. The number of carbonyl (C=O) groups excluding carboxylic acids is 1. The van der Waals surface area contributed by atoms with Gasteiger partial charge in [0.2, 0.25) is 0 Å². The van der Waals surface area contributed by atoms with E-state index in [1.54, 1.807) is 43.6 Å². The minimum Gasteiger partial charge on any atom is -0.383 e. The van der Waals surface area contributed by atoms with Crippen molar-refractivity contribution in [3.05, 3.63) is 52.3 Å². The molecule has 1 aromatic heterocycles. The summed E-state index contributed by atoms with van der Waals surface area (Å²) in [7, 11) is 1.63. The summed E-state index contributed by atoms with van der Waals surface area (Å²) in [4.78, 5) is 16.3. The Kier molecular flexibility index (Phi) is 6.00. The smallest absolute Gasteiger partial charge is 0.274 e. The van der Waals surface area contributed by atoms with Gasteiger partial charge >= 0.3 is 0 Å². The third-order valence-electron chi connectivity index (χ3n) is 2.83. The average Bonchev–Trinajstić information content (AvgIpc) is 2.52. The van der Waals surface area contributed by atoms with Crippen molar-refractivity contribution >= 4 is 40.5 Å². The number of nitrogens with zero attached hydrogens (tertiary/aromatic N) is 1. The van der Waals surface area contributed by atoms with Crippen LogP contribution < -0.4 is 10.6 Å². The van der Waals surface area contributed by atoms with Gasteiger partial charge in [-0.15, -0.1) is 0 Å². The molecule has 7 heteroatoms. The normalized spacial score (nSPS) is 10.3. The van der Waals surface area contributed by atoms with Crippen LogP contribution in [-0.2, 0) is 4.74 Å². The number of benzene rings is 1. The minimum absolute atomic E-state index is 0.276. The lowest BCUT2D eigenvalue weighted by Gasteiger charge is -2.09. The SMILES string of the molecule is COCCNc1ccnc(C(=O)Nc2cccc(Cl)c2Cl)c1. The predicted molar refractivity (Wildman–Crippen MR) is 89.0 cm³/mol. The van der Waals surface area contributed by atoms with Gasteiger partial charge in [-0.1, -0.05) is 29.3 Å². The predicted octanol–water partition coefficient (Wildman–Crippen LogP) is 3.70. The average molecular weight is 340 g/mol. The number of aromatic nitrogens is 1. The van der Waals surface area contributed by atoms with Gasteiger partial charge in [0.15, 0.2) is 0 Å². The summed E-state index contributed by atoms with van der Waals surface area (Å²) >= 11 is 12.0. The van der Waals surface area contributed by atoms with E-state index < -0.39 is 0 Å². The van der Waals surface area contributed by atoms with Crippen molar-refractivity contribution in [3.8, 4) is 0 Å². The Bertz CT molecular complexity index is 665. The zero-order chi connectivity index (χ0) is 15.9. The number of ether oxygens (including phenoxy) is 1. The van der Waals surface area contributed by atoms with Crippen molar-refractivity contribution in [2.45, 2.75) is 0 Å². The van der Waals surface area contributed by atoms with Crippen molar-refractivity contribution in [1.29, 1.82) is 0 Å². The fourth-order valence-corrected chi connectivity index (χ4v) is 2.10. The first-order valence-electron chi connectivity index (χ1n) is 6.56. The lowest BCUT2D eigenvalue weighted by atomic mass is 10.2. The standard InChI is InChI=1S/C15H15Cl2N3O2/c1-22-8-7-18-10-5-6-19-13(9-10)15(21)20-12-4-2-3-11(16)14(12)17/h2-6,9H,7-8H2,1H3,(H,18,19)(H,20,21). The molecule has 1 amide bonds. The van der Waals surface area contributed by atoms with E-state index in [-0.39, 0.29) is 11.6 Å². The summed E-state index contributed by atoms with van der Waals surface area (Å²) in [6.07, 6.45) is 1.56. The van der Waals surface area contributed by atoms with Crippen molar-refractivity contribution in [1.82, 2.24) is 4.98 Å². The highest BCUT2D eigenvalue weighted by Gasteiger charge is 2.11. The zero-order valence-corrected chi connectivity index (χ0v) is 13.4. The highest BCUT2D eigenvalue weighted by Crippen LogP contribution is 2.29. The van der Waals surface area contributed by atoms with Crippen LogP contribution in [0, 0.1) is 0 Å². The van der Waals surface area contributed by atoms with Gasteiger partial charge in [0.1, 0.15) is 5.69 Å². The molecule has 116 valence electrons. The number of hydrogen-bond donors (Lipinski definition) is 2. The Labute approximate surface area is 138 Å². The van der Waals surface area contributed by atoms with Crippen LogP contribution in [0.25, 0.3) is 0 Å². The van der Waals surface area contributed by atoms with E-state index in [2.05, 4.69) is 15.6 Å². The third-order valence-corrected chi connectivity index (χ3v) is 3.65. The lowest BCUT2D eigenvalue weighted by molar-refractivity contribution is 0.102. The summed E-state index contributed by atoms with van der Waals surface area (Å²) < 4.78 is 4.96. The van der Waals surface area contributed by atoms with Crippen molar-refractivity contribution in [2.24, 2.45) is 0 Å². The highest BCUT2D eigenvalue weighted by atomic mass is 35.5. The fraction of sp³-hybridized carbons (Fsp3) is 0.200. The molecule has 0 saturated heterocycles. The Hall–Kier alpha value is -1.82. The maximum atomic E-state index is 12.2. The fourth-order valence-electron chi connectivity index (χ4n) is 1.75. The molecular weight excluding hydrogens is 325 g/mol. The van der Waals surface area contributed by atoms with E-state index in [0.29, 0.717) is 28.9 Å². The number of nitrogens with one attached hydrogen (secondary N) is 2. The minimum atomic E-state index is -0.362. The number of pyridine rings is 1. The van der Waals surface area contributed by atoms with Gasteiger partial charge in [0.05, 0.1) is 22.3 Å². The number of rotatable bonds is 6. The number of amides is 1. The van der Waals surface area contributed by atoms with Gasteiger partial charge in [-0.25, -0.2) is 0 Å². The molecule has 2 aromatic rings. The molecule has 0 spiro atoms. The van der Waals surface area contributed by atoms with Gasteiger partial charge < -0.3 is 15.4 Å². The zero-order valence-electron chi connectivity index (χ0n) is 11.9. The number of halogens is 2. The maximum absolute atomic E-state index is 12.2. The molecule has 2 rings (SSSR count). The Morgan fingerprint density at radius 2 is 2.14 bits per heavy atom. The molecule has 0 aliphatic carbocycles. The van der Waals surface area contributed by atoms with Gasteiger partial charge in [0, 0.05) is 25.5 Å². The number of anilines is 2. The Balaban J connectivity index is 2.09. The van der Waals surface area contributed by atoms with Crippen LogP contribution in [0.5, 0.6) is 0 Å². The van der Waals surface area contributed by atoms with Crippen LogP contribution in [0.15, 0.2) is 36.5 Å². The second kappa shape index (κ2) is 7.98. The van der Waals surface area contributed by atoms with Crippen molar-refractivity contribution in [2.75, 3.05) is 30.9 Å². The summed E-state index contributed by atoms with van der Waals surface area (Å²) in [5, 5.41) is 6.50. The molecule has 0 aliphatic rings. The third kappa shape index (κ3) is 4.34. The van der Waals surface area contributed by atoms with Crippen LogP contribution >= 0.6 is 23.2 Å². The molecule has 0 fully saturated rings. The number of hydrogen-bond acceptors (Lipinski definition) is 4. The second-order valence-corrected chi connectivity index (χ2v) is 5.19. The Morgan fingerprint density at radius 3 is 2.91 bits per heavy atom. The molecular formula is C15H15Cl2N3O2. The maximum Gasteiger partial charge on any atom is 0.274 e. The van der Waals surface area contributed by atoms with Crippen molar-refractivity contribution in [3.63, 3.8) is 0 Å². The van der Waals surface area contributed by atoms with Gasteiger partial charge in [0.25, 0.3) is 5.91 Å². The van der Waals surface area contributed by atoms with Gasteiger partial charge in [-0.05, 0) is 24.3 Å². The van der Waals surface area contributed by atoms with Crippen LogP contribution in [0.4, 0.5) is 11.4 Å². The molecule has 1 heterocycles. The van der Waals surface area contributed by atoms with Gasteiger partial charge in [-0.2, -0.15) is 0 Å². The first-order valence-corrected chi connectivity index (χ1v) is 7.31. The van der Waals surface area contributed by atoms with Gasteiger partial charge in [-0.3, -0.25) is 9.78 Å². The molecule has 0 radical (unpaired) electrons. The quantitative estimate of drug-likeness (QED) is 0.787. The summed E-state index contributed by atoms with van der Waals surface area (Å²) in [6, 6.07) is 8.47. The van der Waals surface area contributed by atoms with Crippen molar-refractivity contribution < 1.29 is 9.53 Å². The van der Waals surface area contributed by atoms with Crippen LogP contribution in [0.2, 0.25) is 10.0 Å². The molecule has 2 N–H and O–H groups in total. The Morgan fingerprint density at radius 1 is 1.32 bits per heavy atom. The van der Waals surface area contributed by atoms with E-state index in [1.807, 2.05) is 0 Å². The topological polar surface area (TPSA) is 63.2 Å². The van der Waals surface area contributed by atoms with E-state index in [4.69, 9.17) is 27.9 Å². The second-order valence-electron chi connectivity index (χ2n) is 4.40. The van der Waals surface area contributed by atoms with E-state index in [9.17, 15) is 4.79 Å². The highest BCUT2D eigenvalue weighted by molar-refractivity contribution is 6.44. The van der Waals surface area contributed by atoms with E-state index in [0.717, 1.165) is 5.69 Å². The number of carbonyl (C=O) groups is 1. The van der Waals surface area contributed by atoms with Crippen LogP contribution in [0.1, 0.15) is 10.5 Å². The summed E-state index contributed by atoms with van der Waals surface area (Å²) in [6.45, 7) is 1.21. The molecule has 22 heavy (non-hydrogen) atoms. The van der Waals surface area contributed by atoms with E-state index in [1.165, 1.54) is 0 Å². The summed E-state index contributed by atoms with van der Waals surface area (Å²) in [5.41, 5.74) is 1.51. The summed E-state index contributed by atoms with van der Waals surface area (Å²) in [5.74, 6) is -0.362. The molecule has 1 aromatic carbocycles. The van der Waals surface area contributed by atoms with E-state index >= 15 is 0 Å². The monoisotopic (exact) mass is 339 g/mol. The largest absolute Gasteiger partial charge is 0.383 e. The number of methoxy groups -OCH3 is 1. The first-order chi connectivity index (χ1) is 10.6. The molecule has 0 unspecified atom stereocenters. The molecule has 0 saturated carbocycles. The molecule has 5 nitrogen and oxygen atoms in total. The van der Waals surface area contributed by atoms with Crippen LogP contribution in [-0.4, -0.2) is 31.2 Å².